The smallest absolute Gasteiger partial charge is 0.314 e. The number of aliphatic carboxylic acids is 1. The fourth-order valence-corrected chi connectivity index (χ4v) is 3.75. The molecule has 29 heavy (non-hydrogen) atoms. The standard InChI is InChI=1S/C19H18N4O6/c1-12-15(9-10-19(12,18(24)25)13-5-3-2-4-6-13)20-21-16-8-7-14(22(26)27)11-17(16)23(28)29/h2-8,11-12,21H,9-10H2,1H3,(H,24,25)/t12-,19+/m1/s1. The minimum absolute atomic E-state index is 0.00663. The monoisotopic (exact) mass is 398 g/mol. The van der Waals surface area contributed by atoms with Crippen LogP contribution in [0.5, 0.6) is 0 Å². The minimum Gasteiger partial charge on any atom is -0.481 e. The van der Waals surface area contributed by atoms with E-state index in [1.807, 2.05) is 6.07 Å². The molecule has 0 spiro atoms. The zero-order chi connectivity index (χ0) is 21.2. The average molecular weight is 398 g/mol. The van der Waals surface area contributed by atoms with Crippen molar-refractivity contribution in [2.24, 2.45) is 11.0 Å². The molecule has 0 bridgehead atoms. The molecule has 2 aromatic carbocycles. The van der Waals surface area contributed by atoms with Gasteiger partial charge in [0.1, 0.15) is 11.1 Å². The van der Waals surface area contributed by atoms with E-state index < -0.39 is 38.5 Å². The second-order valence-electron chi connectivity index (χ2n) is 6.79. The number of nitrogens with one attached hydrogen (secondary N) is 1. The van der Waals surface area contributed by atoms with Crippen LogP contribution in [0.4, 0.5) is 17.1 Å². The Bertz CT molecular complexity index is 1010. The number of anilines is 1. The number of nitro benzene ring substituents is 2. The van der Waals surface area contributed by atoms with Gasteiger partial charge in [-0.15, -0.1) is 0 Å². The molecule has 0 aliphatic heterocycles. The Labute approximate surface area is 165 Å². The Kier molecular flexibility index (Phi) is 5.26. The third-order valence-electron chi connectivity index (χ3n) is 5.39. The van der Waals surface area contributed by atoms with Crippen LogP contribution in [0.15, 0.2) is 53.6 Å². The first kappa shape index (κ1) is 19.9. The number of non-ortho nitro benzene ring substituents is 1. The van der Waals surface area contributed by atoms with Gasteiger partial charge in [0.25, 0.3) is 5.69 Å². The van der Waals surface area contributed by atoms with Crippen LogP contribution in [0.2, 0.25) is 0 Å². The molecular formula is C19H18N4O6. The van der Waals surface area contributed by atoms with Crippen LogP contribution in [0, 0.1) is 26.1 Å². The highest BCUT2D eigenvalue weighted by Gasteiger charge is 2.51. The maximum atomic E-state index is 12.2. The summed E-state index contributed by atoms with van der Waals surface area (Å²) in [5.74, 6) is -1.41. The molecule has 10 heteroatoms. The third kappa shape index (κ3) is 3.51. The maximum Gasteiger partial charge on any atom is 0.314 e. The van der Waals surface area contributed by atoms with E-state index in [-0.39, 0.29) is 5.69 Å². The number of benzene rings is 2. The molecule has 1 fully saturated rings. The molecule has 0 aromatic heterocycles. The van der Waals surface area contributed by atoms with Crippen LogP contribution in [-0.2, 0) is 10.2 Å². The van der Waals surface area contributed by atoms with Gasteiger partial charge in [-0.05, 0) is 24.5 Å². The Morgan fingerprint density at radius 3 is 2.45 bits per heavy atom. The molecule has 0 amide bonds. The highest BCUT2D eigenvalue weighted by Crippen LogP contribution is 2.44. The summed E-state index contributed by atoms with van der Waals surface area (Å²) in [5, 5.41) is 36.3. The minimum atomic E-state index is -1.14. The number of nitro groups is 2. The predicted molar refractivity (Wildman–Crippen MR) is 105 cm³/mol. The van der Waals surface area contributed by atoms with Gasteiger partial charge in [0.05, 0.1) is 15.9 Å². The Morgan fingerprint density at radius 1 is 1.17 bits per heavy atom. The Morgan fingerprint density at radius 2 is 1.86 bits per heavy atom. The van der Waals surface area contributed by atoms with Gasteiger partial charge >= 0.3 is 11.7 Å². The number of hydrogen-bond acceptors (Lipinski definition) is 7. The second kappa shape index (κ2) is 7.66. The first-order valence-electron chi connectivity index (χ1n) is 8.81. The summed E-state index contributed by atoms with van der Waals surface area (Å²) in [6.45, 7) is 1.76. The molecular weight excluding hydrogens is 380 g/mol. The van der Waals surface area contributed by atoms with Gasteiger partial charge in [-0.2, -0.15) is 5.10 Å². The zero-order valence-electron chi connectivity index (χ0n) is 15.4. The molecule has 1 saturated carbocycles. The van der Waals surface area contributed by atoms with Crippen LogP contribution in [0.3, 0.4) is 0 Å². The van der Waals surface area contributed by atoms with Crippen molar-refractivity contribution in [3.8, 4) is 0 Å². The topological polar surface area (TPSA) is 148 Å². The van der Waals surface area contributed by atoms with Crippen molar-refractivity contribution in [1.82, 2.24) is 0 Å². The van der Waals surface area contributed by atoms with Crippen LogP contribution >= 0.6 is 0 Å². The van der Waals surface area contributed by atoms with Gasteiger partial charge in [-0.1, -0.05) is 37.3 Å². The summed E-state index contributed by atoms with van der Waals surface area (Å²) in [6, 6.07) is 12.1. The molecule has 0 saturated heterocycles. The largest absolute Gasteiger partial charge is 0.481 e. The predicted octanol–water partition coefficient (Wildman–Crippen LogP) is 3.72. The molecule has 1 aliphatic carbocycles. The van der Waals surface area contributed by atoms with Gasteiger partial charge in [0.2, 0.25) is 0 Å². The summed E-state index contributed by atoms with van der Waals surface area (Å²) in [4.78, 5) is 32.8. The quantitative estimate of drug-likeness (QED) is 0.556. The third-order valence-corrected chi connectivity index (χ3v) is 5.39. The lowest BCUT2D eigenvalue weighted by Crippen LogP contribution is -2.39. The normalized spacial score (nSPS) is 22.4. The zero-order valence-corrected chi connectivity index (χ0v) is 15.4. The molecule has 2 atom stereocenters. The van der Waals surface area contributed by atoms with Crippen molar-refractivity contribution in [1.29, 1.82) is 0 Å². The molecule has 3 rings (SSSR count). The van der Waals surface area contributed by atoms with Crippen LogP contribution in [0.25, 0.3) is 0 Å². The lowest BCUT2D eigenvalue weighted by atomic mass is 9.73. The van der Waals surface area contributed by atoms with Gasteiger partial charge in [0.15, 0.2) is 0 Å². The van der Waals surface area contributed by atoms with Crippen LogP contribution in [-0.4, -0.2) is 26.6 Å². The van der Waals surface area contributed by atoms with E-state index in [0.717, 1.165) is 12.1 Å². The first-order chi connectivity index (χ1) is 13.8. The number of rotatable bonds is 6. The van der Waals surface area contributed by atoms with Crippen molar-refractivity contribution in [3.05, 3.63) is 74.3 Å². The molecule has 0 heterocycles. The van der Waals surface area contributed by atoms with Crippen LogP contribution < -0.4 is 5.43 Å². The molecule has 2 aromatic rings. The number of hydrazone groups is 1. The summed E-state index contributed by atoms with van der Waals surface area (Å²) >= 11 is 0. The lowest BCUT2D eigenvalue weighted by molar-refractivity contribution is -0.393. The lowest BCUT2D eigenvalue weighted by Gasteiger charge is -2.29. The van der Waals surface area contributed by atoms with Crippen molar-refractivity contribution in [3.63, 3.8) is 0 Å². The Hall–Kier alpha value is -3.82. The summed E-state index contributed by atoms with van der Waals surface area (Å²) < 4.78 is 0. The molecule has 0 radical (unpaired) electrons. The molecule has 1 aliphatic rings. The Balaban J connectivity index is 1.92. The number of nitrogens with zero attached hydrogens (tertiary/aromatic N) is 3. The van der Waals surface area contributed by atoms with Crippen molar-refractivity contribution in [2.75, 3.05) is 5.43 Å². The highest BCUT2D eigenvalue weighted by molar-refractivity contribution is 5.99. The SMILES string of the molecule is C[C@@H]1C(=NNc2ccc([N+](=O)[O-])cc2[N+](=O)[O-])CC[C@@]1(C(=O)O)c1ccccc1. The van der Waals surface area contributed by atoms with E-state index in [1.54, 1.807) is 31.2 Å². The number of carboxylic acids is 1. The van der Waals surface area contributed by atoms with Crippen molar-refractivity contribution in [2.45, 2.75) is 25.2 Å². The second-order valence-corrected chi connectivity index (χ2v) is 6.79. The number of carboxylic acid groups (broad SMARTS) is 1. The molecule has 10 nitrogen and oxygen atoms in total. The van der Waals surface area contributed by atoms with Crippen molar-refractivity contribution < 1.29 is 19.7 Å². The molecule has 0 unspecified atom stereocenters. The van der Waals surface area contributed by atoms with E-state index >= 15 is 0 Å². The average Bonchev–Trinajstić information content (AvgIpc) is 3.04. The van der Waals surface area contributed by atoms with E-state index in [2.05, 4.69) is 10.5 Å². The molecule has 2 N–H and O–H groups in total. The van der Waals surface area contributed by atoms with Gasteiger partial charge in [0, 0.05) is 17.7 Å². The van der Waals surface area contributed by atoms with Gasteiger partial charge in [-0.25, -0.2) is 0 Å². The fraction of sp³-hybridized carbons (Fsp3) is 0.263. The van der Waals surface area contributed by atoms with E-state index in [0.29, 0.717) is 24.1 Å². The number of hydrogen-bond donors (Lipinski definition) is 2. The van der Waals surface area contributed by atoms with Gasteiger partial charge in [-0.3, -0.25) is 30.4 Å². The van der Waals surface area contributed by atoms with E-state index in [1.165, 1.54) is 6.07 Å². The molecule has 150 valence electrons. The van der Waals surface area contributed by atoms with Crippen LogP contribution in [0.1, 0.15) is 25.3 Å². The van der Waals surface area contributed by atoms with E-state index in [4.69, 9.17) is 0 Å². The van der Waals surface area contributed by atoms with E-state index in [9.17, 15) is 30.1 Å². The summed E-state index contributed by atoms with van der Waals surface area (Å²) in [6.07, 6.45) is 0.743. The summed E-state index contributed by atoms with van der Waals surface area (Å²) in [7, 11) is 0. The first-order valence-corrected chi connectivity index (χ1v) is 8.81. The van der Waals surface area contributed by atoms with Crippen molar-refractivity contribution >= 4 is 28.7 Å². The highest BCUT2D eigenvalue weighted by atomic mass is 16.6. The fourth-order valence-electron chi connectivity index (χ4n) is 3.75. The summed E-state index contributed by atoms with van der Waals surface area (Å²) in [5.41, 5.74) is 1.79. The van der Waals surface area contributed by atoms with Gasteiger partial charge < -0.3 is 5.11 Å². The number of carbonyl (C=O) groups is 1. The maximum absolute atomic E-state index is 12.2.